The van der Waals surface area contributed by atoms with Gasteiger partial charge in [0, 0.05) is 23.1 Å². The molecule has 0 N–H and O–H groups in total. The lowest BCUT2D eigenvalue weighted by molar-refractivity contribution is -0.345. The van der Waals surface area contributed by atoms with Gasteiger partial charge in [0.1, 0.15) is 5.57 Å². The van der Waals surface area contributed by atoms with Crippen LogP contribution in [0.2, 0.25) is 0 Å². The van der Waals surface area contributed by atoms with E-state index in [2.05, 4.69) is 89.8 Å². The lowest BCUT2D eigenvalue weighted by Crippen LogP contribution is -2.04. The van der Waals surface area contributed by atoms with E-state index in [0.29, 0.717) is 0 Å². The van der Waals surface area contributed by atoms with Gasteiger partial charge in [-0.3, -0.25) is 0 Å². The quantitative estimate of drug-likeness (QED) is 0.0607. The molecule has 0 aliphatic carbocycles. The van der Waals surface area contributed by atoms with Gasteiger partial charge in [0.15, 0.2) is 0 Å². The Morgan fingerprint density at radius 3 is 1.45 bits per heavy atom. The predicted molar refractivity (Wildman–Crippen MR) is 215 cm³/mol. The molecule has 0 radical (unpaired) electrons. The highest BCUT2D eigenvalue weighted by Gasteiger charge is 2.35. The third-order valence-corrected chi connectivity index (χ3v) is 10.1. The number of aryl methyl sites for hydroxylation is 4. The molecule has 49 heavy (non-hydrogen) atoms. The molecule has 1 aliphatic rings. The zero-order valence-electron chi connectivity index (χ0n) is 32.6. The topological polar surface area (TPSA) is 25.3 Å². The molecule has 0 aromatic heterocycles. The van der Waals surface area contributed by atoms with Crippen molar-refractivity contribution in [3.05, 3.63) is 86.5 Å². The number of hydrogen-bond donors (Lipinski definition) is 0. The van der Waals surface area contributed by atoms with Gasteiger partial charge in [-0.1, -0.05) is 159 Å². The molecule has 2 nitrogen and oxygen atoms in total. The van der Waals surface area contributed by atoms with Crippen LogP contribution in [0.5, 0.6) is 0 Å². The average Bonchev–Trinajstić information content (AvgIpc) is 3.36. The van der Waals surface area contributed by atoms with E-state index in [-0.39, 0.29) is 0 Å². The van der Waals surface area contributed by atoms with Gasteiger partial charge in [-0.2, -0.15) is 0 Å². The van der Waals surface area contributed by atoms with Crippen LogP contribution >= 0.6 is 0 Å². The van der Waals surface area contributed by atoms with Crippen molar-refractivity contribution in [1.82, 2.24) is 0 Å². The van der Waals surface area contributed by atoms with Gasteiger partial charge in [0.2, 0.25) is 11.4 Å². The Bertz CT molecular complexity index is 1430. The maximum Gasteiger partial charge on any atom is 0.223 e. The van der Waals surface area contributed by atoms with E-state index in [0.717, 1.165) is 73.0 Å². The van der Waals surface area contributed by atoms with Crippen LogP contribution in [0, 0.1) is 25.7 Å². The molecule has 0 atom stereocenters. The second-order valence-electron chi connectivity index (χ2n) is 14.9. The van der Waals surface area contributed by atoms with Crippen molar-refractivity contribution in [2.45, 2.75) is 189 Å². The molecule has 0 amide bonds. The Kier molecular flexibility index (Phi) is 19.4. The molecule has 0 unspecified atom stereocenters. The number of allylic oxidation sites excluding steroid dienone is 2. The van der Waals surface area contributed by atoms with Crippen LogP contribution in [0.1, 0.15) is 196 Å². The Hall–Kier alpha value is -2.92. The first-order valence-electron chi connectivity index (χ1n) is 20.6. The van der Waals surface area contributed by atoms with E-state index in [9.17, 15) is 5.53 Å². The summed E-state index contributed by atoms with van der Waals surface area (Å²) in [6.45, 7) is 13.5. The summed E-state index contributed by atoms with van der Waals surface area (Å²) in [5, 5.41) is 0. The molecule has 2 heteroatoms. The SMILES string of the molecule is CCCCCCCC#CC1=C(c2cc(C)cc(CCCCCCCC)c2)[N+](=[N-])C(c2cc(C)cc(CCCCCCCC)c2)=C1CCCC. The van der Waals surface area contributed by atoms with Crippen LogP contribution in [0.25, 0.3) is 16.9 Å². The van der Waals surface area contributed by atoms with Crippen molar-refractivity contribution in [2.75, 3.05) is 0 Å². The summed E-state index contributed by atoms with van der Waals surface area (Å²) in [5.74, 6) is 7.26. The molecule has 268 valence electrons. The first-order chi connectivity index (χ1) is 23.9. The van der Waals surface area contributed by atoms with Crippen LogP contribution in [0.4, 0.5) is 0 Å². The fourth-order valence-corrected chi connectivity index (χ4v) is 7.38. The van der Waals surface area contributed by atoms with Crippen LogP contribution in [0.3, 0.4) is 0 Å². The molecule has 0 fully saturated rings. The highest BCUT2D eigenvalue weighted by molar-refractivity contribution is 5.85. The molecule has 3 rings (SSSR count). The molecule has 2 aromatic rings. The van der Waals surface area contributed by atoms with Crippen molar-refractivity contribution >= 4 is 11.4 Å². The summed E-state index contributed by atoms with van der Waals surface area (Å²) in [6, 6.07) is 13.9. The first kappa shape index (κ1) is 40.5. The predicted octanol–water partition coefficient (Wildman–Crippen LogP) is 14.8. The minimum atomic E-state index is 0.881. The van der Waals surface area contributed by atoms with Crippen molar-refractivity contribution in [3.8, 4) is 11.8 Å². The fourth-order valence-electron chi connectivity index (χ4n) is 7.38. The number of benzene rings is 2. The average molecular weight is 663 g/mol. The Morgan fingerprint density at radius 1 is 0.490 bits per heavy atom. The maximum absolute atomic E-state index is 12.3. The van der Waals surface area contributed by atoms with E-state index in [1.807, 2.05) is 0 Å². The third kappa shape index (κ3) is 13.7. The van der Waals surface area contributed by atoms with Gasteiger partial charge in [-0.25, -0.2) is 4.70 Å². The molecule has 1 aliphatic heterocycles. The van der Waals surface area contributed by atoms with E-state index in [1.54, 1.807) is 0 Å². The summed E-state index contributed by atoms with van der Waals surface area (Å²) in [5.41, 5.74) is 23.9. The van der Waals surface area contributed by atoms with E-state index in [4.69, 9.17) is 0 Å². The highest BCUT2D eigenvalue weighted by Crippen LogP contribution is 2.43. The number of rotatable bonds is 24. The second kappa shape index (κ2) is 23.5. The normalized spacial score (nSPS) is 13.1. The molecule has 0 saturated heterocycles. The minimum Gasteiger partial charge on any atom is -0.493 e. The number of nitrogens with zero attached hydrogens (tertiary/aromatic N) is 2. The largest absolute Gasteiger partial charge is 0.493 e. The van der Waals surface area contributed by atoms with Crippen molar-refractivity contribution < 1.29 is 4.70 Å². The fraction of sp³-hybridized carbons (Fsp3) is 0.617. The number of unbranched alkanes of at least 4 members (excludes halogenated alkanes) is 16. The summed E-state index contributed by atoms with van der Waals surface area (Å²) >= 11 is 0. The monoisotopic (exact) mass is 663 g/mol. The number of hydrogen-bond acceptors (Lipinski definition) is 0. The lowest BCUT2D eigenvalue weighted by Gasteiger charge is -2.13. The summed E-state index contributed by atoms with van der Waals surface area (Å²) < 4.78 is 1.53. The molecule has 2 aromatic carbocycles. The molecule has 1 heterocycles. The van der Waals surface area contributed by atoms with Gasteiger partial charge in [0.05, 0.1) is 0 Å². The summed E-state index contributed by atoms with van der Waals surface area (Å²) in [4.78, 5) is 0. The molecule has 0 bridgehead atoms. The van der Waals surface area contributed by atoms with Crippen LogP contribution in [0.15, 0.2) is 47.5 Å². The molecule has 0 spiro atoms. The maximum atomic E-state index is 12.3. The lowest BCUT2D eigenvalue weighted by atomic mass is 9.93. The smallest absolute Gasteiger partial charge is 0.223 e. The Morgan fingerprint density at radius 2 is 0.939 bits per heavy atom. The molecule has 0 saturated carbocycles. The van der Waals surface area contributed by atoms with Crippen LogP contribution in [-0.4, -0.2) is 4.70 Å². The van der Waals surface area contributed by atoms with Gasteiger partial charge >= 0.3 is 0 Å². The van der Waals surface area contributed by atoms with Gasteiger partial charge in [-0.15, -0.1) is 0 Å². The summed E-state index contributed by atoms with van der Waals surface area (Å²) in [6.07, 6.45) is 28.1. The Balaban J connectivity index is 2.00. The standard InChI is InChI=1S/C47H70N2/c1-7-11-15-18-21-24-27-31-45-44(30-14-10-4)46(42-34-38(5)32-40(36-42)28-25-22-19-16-12-8-2)49(48)47(45)43-35-39(6)33-41(37-43)29-26-23-20-17-13-9-3/h32-37H,7-26,28-30H2,1-6H3. The van der Waals surface area contributed by atoms with Crippen molar-refractivity contribution in [3.63, 3.8) is 0 Å². The van der Waals surface area contributed by atoms with Gasteiger partial charge in [-0.05, 0) is 94.2 Å². The van der Waals surface area contributed by atoms with Crippen LogP contribution < -0.4 is 0 Å². The zero-order valence-corrected chi connectivity index (χ0v) is 32.6. The highest BCUT2D eigenvalue weighted by atomic mass is 15.2. The van der Waals surface area contributed by atoms with E-state index >= 15 is 0 Å². The van der Waals surface area contributed by atoms with Crippen LogP contribution in [-0.2, 0) is 12.8 Å². The van der Waals surface area contributed by atoms with Gasteiger partial charge in [0.25, 0.3) is 0 Å². The minimum absolute atomic E-state index is 0.881. The van der Waals surface area contributed by atoms with Gasteiger partial charge < -0.3 is 5.53 Å². The first-order valence-corrected chi connectivity index (χ1v) is 20.6. The van der Waals surface area contributed by atoms with Crippen molar-refractivity contribution in [2.24, 2.45) is 0 Å². The molecular formula is C47H70N2. The second-order valence-corrected chi connectivity index (χ2v) is 14.9. The van der Waals surface area contributed by atoms with E-state index in [1.165, 1.54) is 135 Å². The third-order valence-electron chi connectivity index (χ3n) is 10.1. The summed E-state index contributed by atoms with van der Waals surface area (Å²) in [7, 11) is 0. The van der Waals surface area contributed by atoms with Crippen molar-refractivity contribution in [1.29, 1.82) is 0 Å². The Labute approximate surface area is 302 Å². The van der Waals surface area contributed by atoms with E-state index < -0.39 is 0 Å². The molecular weight excluding hydrogens is 593 g/mol. The zero-order chi connectivity index (χ0) is 35.3.